The third-order valence-electron chi connectivity index (χ3n) is 1.51. The zero-order valence-electron chi connectivity index (χ0n) is 6.22. The standard InChI is InChI=1S/C7H3NO5/c9-4-3-1-2-8-5(4)13-7(11)6(10)12-3/h1-3H. The van der Waals surface area contributed by atoms with Crippen molar-refractivity contribution in [3.05, 3.63) is 12.3 Å². The van der Waals surface area contributed by atoms with E-state index in [0.717, 1.165) is 0 Å². The molecule has 2 bridgehead atoms. The SMILES string of the molecule is O=C1OC2=NC=CC(OC1=O)C2=O. The fourth-order valence-electron chi connectivity index (χ4n) is 0.924. The van der Waals surface area contributed by atoms with Gasteiger partial charge in [0.2, 0.25) is 0 Å². The molecule has 0 saturated carbocycles. The maximum absolute atomic E-state index is 11.2. The monoisotopic (exact) mass is 181 g/mol. The first-order chi connectivity index (χ1) is 6.18. The van der Waals surface area contributed by atoms with Crippen molar-refractivity contribution in [2.24, 2.45) is 4.99 Å². The minimum Gasteiger partial charge on any atom is -0.441 e. The van der Waals surface area contributed by atoms with Gasteiger partial charge >= 0.3 is 11.9 Å². The minimum absolute atomic E-state index is 0.400. The molecule has 6 heteroatoms. The summed E-state index contributed by atoms with van der Waals surface area (Å²) in [5.74, 6) is -3.43. The lowest BCUT2D eigenvalue weighted by atomic mass is 10.2. The van der Waals surface area contributed by atoms with Crippen LogP contribution in [0.5, 0.6) is 0 Å². The van der Waals surface area contributed by atoms with E-state index in [0.29, 0.717) is 0 Å². The summed E-state index contributed by atoms with van der Waals surface area (Å²) in [6.45, 7) is 0. The number of fused-ring (bicyclic) bond motifs is 2. The molecule has 1 unspecified atom stereocenters. The Balaban J connectivity index is 2.43. The molecule has 0 aromatic rings. The van der Waals surface area contributed by atoms with Gasteiger partial charge in [0.1, 0.15) is 0 Å². The molecule has 1 fully saturated rings. The molecule has 0 radical (unpaired) electrons. The zero-order chi connectivity index (χ0) is 9.42. The van der Waals surface area contributed by atoms with E-state index in [2.05, 4.69) is 14.5 Å². The first-order valence-electron chi connectivity index (χ1n) is 3.40. The summed E-state index contributed by atoms with van der Waals surface area (Å²) >= 11 is 0. The van der Waals surface area contributed by atoms with E-state index in [1.165, 1.54) is 12.3 Å². The summed E-state index contributed by atoms with van der Waals surface area (Å²) in [6, 6.07) is 0. The Kier molecular flexibility index (Phi) is 1.48. The summed E-state index contributed by atoms with van der Waals surface area (Å²) in [7, 11) is 0. The van der Waals surface area contributed by atoms with Gasteiger partial charge in [-0.25, -0.2) is 14.6 Å². The number of nitrogens with zero attached hydrogens (tertiary/aromatic N) is 1. The van der Waals surface area contributed by atoms with Crippen molar-refractivity contribution in [2.75, 3.05) is 0 Å². The fraction of sp³-hybridized carbons (Fsp3) is 0.143. The molecule has 2 aliphatic rings. The van der Waals surface area contributed by atoms with Gasteiger partial charge in [-0.15, -0.1) is 0 Å². The summed E-state index contributed by atoms with van der Waals surface area (Å²) in [6.07, 6.45) is 1.44. The molecule has 13 heavy (non-hydrogen) atoms. The van der Waals surface area contributed by atoms with Gasteiger partial charge in [-0.1, -0.05) is 0 Å². The highest BCUT2D eigenvalue weighted by atomic mass is 16.6. The molecule has 6 nitrogen and oxygen atoms in total. The fourth-order valence-corrected chi connectivity index (χ4v) is 0.924. The molecular formula is C7H3NO5. The second kappa shape index (κ2) is 2.51. The lowest BCUT2D eigenvalue weighted by Crippen LogP contribution is -2.30. The Morgan fingerprint density at radius 1 is 1.23 bits per heavy atom. The number of Topliss-reactive ketones (excluding diaryl/α,β-unsaturated/α-hetero) is 1. The van der Waals surface area contributed by atoms with Crippen molar-refractivity contribution in [1.29, 1.82) is 0 Å². The molecule has 66 valence electrons. The number of rotatable bonds is 0. The third-order valence-corrected chi connectivity index (χ3v) is 1.51. The smallest absolute Gasteiger partial charge is 0.424 e. The highest BCUT2D eigenvalue weighted by Gasteiger charge is 2.37. The molecule has 0 spiro atoms. The number of aliphatic imine (C=N–C) groups is 1. The van der Waals surface area contributed by atoms with Crippen LogP contribution < -0.4 is 0 Å². The van der Waals surface area contributed by atoms with Gasteiger partial charge < -0.3 is 9.47 Å². The average molecular weight is 181 g/mol. The van der Waals surface area contributed by atoms with Crippen molar-refractivity contribution >= 4 is 23.6 Å². The van der Waals surface area contributed by atoms with Gasteiger partial charge in [0.15, 0.2) is 6.10 Å². The summed E-state index contributed by atoms with van der Waals surface area (Å²) in [5, 5.41) is 0. The highest BCUT2D eigenvalue weighted by Crippen LogP contribution is 2.10. The van der Waals surface area contributed by atoms with Crippen LogP contribution in [0.2, 0.25) is 0 Å². The Labute approximate surface area is 71.8 Å². The van der Waals surface area contributed by atoms with E-state index >= 15 is 0 Å². The van der Waals surface area contributed by atoms with E-state index in [1.807, 2.05) is 0 Å². The molecular weight excluding hydrogens is 178 g/mol. The lowest BCUT2D eigenvalue weighted by Gasteiger charge is -2.08. The van der Waals surface area contributed by atoms with Crippen molar-refractivity contribution in [1.82, 2.24) is 0 Å². The van der Waals surface area contributed by atoms with Crippen LogP contribution in [0.4, 0.5) is 0 Å². The largest absolute Gasteiger partial charge is 0.441 e. The Morgan fingerprint density at radius 2 is 2.00 bits per heavy atom. The maximum atomic E-state index is 11.2. The number of ketones is 1. The molecule has 0 amide bonds. The lowest BCUT2D eigenvalue weighted by molar-refractivity contribution is -0.163. The average Bonchev–Trinajstić information content (AvgIpc) is 2.19. The van der Waals surface area contributed by atoms with E-state index in [9.17, 15) is 14.4 Å². The van der Waals surface area contributed by atoms with Crippen LogP contribution in [0.25, 0.3) is 0 Å². The molecule has 0 N–H and O–H groups in total. The second-order valence-corrected chi connectivity index (χ2v) is 2.36. The molecule has 2 heterocycles. The first-order valence-corrected chi connectivity index (χ1v) is 3.40. The van der Waals surface area contributed by atoms with Crippen molar-refractivity contribution in [2.45, 2.75) is 6.10 Å². The molecule has 0 aromatic heterocycles. The number of hydrogen-bond acceptors (Lipinski definition) is 6. The van der Waals surface area contributed by atoms with Gasteiger partial charge in [0.05, 0.1) is 0 Å². The zero-order valence-corrected chi connectivity index (χ0v) is 6.22. The van der Waals surface area contributed by atoms with Crippen LogP contribution in [-0.4, -0.2) is 29.7 Å². The van der Waals surface area contributed by atoms with Crippen molar-refractivity contribution < 1.29 is 23.9 Å². The molecule has 2 aliphatic heterocycles. The van der Waals surface area contributed by atoms with Crippen molar-refractivity contribution in [3.63, 3.8) is 0 Å². The summed E-state index contributed by atoms with van der Waals surface area (Å²) in [4.78, 5) is 36.2. The van der Waals surface area contributed by atoms with Crippen LogP contribution in [0.15, 0.2) is 17.3 Å². The molecule has 0 aromatic carbocycles. The maximum Gasteiger partial charge on any atom is 0.424 e. The number of ether oxygens (including phenoxy) is 2. The van der Waals surface area contributed by atoms with Crippen LogP contribution in [0.3, 0.4) is 0 Å². The van der Waals surface area contributed by atoms with E-state index < -0.39 is 29.7 Å². The normalized spacial score (nSPS) is 26.0. The Morgan fingerprint density at radius 3 is 2.77 bits per heavy atom. The predicted molar refractivity (Wildman–Crippen MR) is 37.6 cm³/mol. The summed E-state index contributed by atoms with van der Waals surface area (Å²) in [5.41, 5.74) is 0. The van der Waals surface area contributed by atoms with Gasteiger partial charge in [0, 0.05) is 6.20 Å². The van der Waals surface area contributed by atoms with Gasteiger partial charge in [-0.2, -0.15) is 0 Å². The van der Waals surface area contributed by atoms with E-state index in [-0.39, 0.29) is 0 Å². The predicted octanol–water partition coefficient (Wildman–Crippen LogP) is -1.05. The summed E-state index contributed by atoms with van der Waals surface area (Å²) < 4.78 is 8.82. The number of carbonyl (C=O) groups excluding carboxylic acids is 3. The van der Waals surface area contributed by atoms with Gasteiger partial charge in [-0.3, -0.25) is 4.79 Å². The van der Waals surface area contributed by atoms with Crippen LogP contribution in [0.1, 0.15) is 0 Å². The molecule has 1 atom stereocenters. The molecule has 0 aliphatic carbocycles. The quantitative estimate of drug-likeness (QED) is 0.351. The number of carbonyl (C=O) groups is 3. The van der Waals surface area contributed by atoms with Gasteiger partial charge in [-0.05, 0) is 6.08 Å². The van der Waals surface area contributed by atoms with Crippen LogP contribution >= 0.6 is 0 Å². The highest BCUT2D eigenvalue weighted by molar-refractivity contribution is 6.46. The Hall–Kier alpha value is -1.98. The molecule has 2 rings (SSSR count). The molecule has 1 saturated heterocycles. The second-order valence-electron chi connectivity index (χ2n) is 2.36. The van der Waals surface area contributed by atoms with Crippen LogP contribution in [0, 0.1) is 0 Å². The van der Waals surface area contributed by atoms with E-state index in [4.69, 9.17) is 0 Å². The van der Waals surface area contributed by atoms with E-state index in [1.54, 1.807) is 0 Å². The minimum atomic E-state index is -1.22. The Bertz CT molecular complexity index is 367. The third kappa shape index (κ3) is 1.12. The number of esters is 2. The first kappa shape index (κ1) is 7.66. The topological polar surface area (TPSA) is 82.0 Å². The number of hydrogen-bond donors (Lipinski definition) is 0. The van der Waals surface area contributed by atoms with Gasteiger partial charge in [0.25, 0.3) is 11.7 Å². The van der Waals surface area contributed by atoms with Crippen molar-refractivity contribution in [3.8, 4) is 0 Å². The van der Waals surface area contributed by atoms with Crippen LogP contribution in [-0.2, 0) is 23.9 Å².